The average molecular weight is 301 g/mol. The van der Waals surface area contributed by atoms with E-state index in [1.165, 1.54) is 0 Å². The molecule has 0 unspecified atom stereocenters. The maximum Gasteiger partial charge on any atom is 2.00 e. The van der Waals surface area contributed by atoms with Gasteiger partial charge in [0.15, 0.2) is 0 Å². The van der Waals surface area contributed by atoms with E-state index in [0.29, 0.717) is 0 Å². The van der Waals surface area contributed by atoms with E-state index in [0.717, 1.165) is 22.6 Å². The fourth-order valence-electron chi connectivity index (χ4n) is 0. The number of hydrogen-bond acceptors (Lipinski definition) is 0. The van der Waals surface area contributed by atoms with Crippen molar-refractivity contribution in [2.24, 2.45) is 0 Å². The third kappa shape index (κ3) is 326. The Morgan fingerprint density at radius 1 is 1.11 bits per heavy atom. The maximum absolute atomic E-state index is 10.3. The summed E-state index contributed by atoms with van der Waals surface area (Å²) in [5.41, 5.74) is 0. The predicted octanol–water partition coefficient (Wildman–Crippen LogP) is 3.32. The number of rotatable bonds is 0. The van der Waals surface area contributed by atoms with E-state index in [9.17, 15) is 8.78 Å². The van der Waals surface area contributed by atoms with Crippen molar-refractivity contribution in [3.63, 3.8) is 0 Å². The summed E-state index contributed by atoms with van der Waals surface area (Å²) >= 11 is 1.01. The molecule has 0 aliphatic carbocycles. The van der Waals surface area contributed by atoms with Gasteiger partial charge in [0, 0.05) is 0 Å². The van der Waals surface area contributed by atoms with E-state index in [-0.39, 0.29) is 19.5 Å². The molecule has 0 heterocycles. The summed E-state index contributed by atoms with van der Waals surface area (Å²) in [5, 5.41) is 0. The molecular weight excluding hydrogens is 290 g/mol. The SMILES string of the molecule is FC(F)I.[CH2-]C.[CH2-]C.[Zn+2]. The minimum atomic E-state index is -2.20. The minimum absolute atomic E-state index is 0. The number of halogens is 3. The van der Waals surface area contributed by atoms with E-state index in [1.807, 2.05) is 0 Å². The van der Waals surface area contributed by atoms with Gasteiger partial charge < -0.3 is 13.8 Å². The molecule has 0 atom stereocenters. The third-order valence-corrected chi connectivity index (χ3v) is 0. The zero-order valence-electron chi connectivity index (χ0n) is 5.83. The average Bonchev–Trinajstić information content (AvgIpc) is 1.75. The zero-order valence-corrected chi connectivity index (χ0v) is 11.0. The van der Waals surface area contributed by atoms with Crippen LogP contribution in [0.5, 0.6) is 0 Å². The molecule has 0 spiro atoms. The van der Waals surface area contributed by atoms with Crippen LogP contribution in [0.15, 0.2) is 0 Å². The van der Waals surface area contributed by atoms with Crippen molar-refractivity contribution in [2.45, 2.75) is 18.3 Å². The monoisotopic (exact) mass is 300 g/mol. The first-order valence-electron chi connectivity index (χ1n) is 2.07. The normalized spacial score (nSPS) is 5.33. The molecule has 0 bridgehead atoms. The zero-order chi connectivity index (χ0) is 7.58. The van der Waals surface area contributed by atoms with Crippen molar-refractivity contribution < 1.29 is 28.3 Å². The number of hydrogen-bond donors (Lipinski definition) is 0. The summed E-state index contributed by atoms with van der Waals surface area (Å²) in [4.78, 5) is 0. The van der Waals surface area contributed by atoms with Crippen LogP contribution in [0.3, 0.4) is 0 Å². The molecule has 0 aromatic rings. The van der Waals surface area contributed by atoms with Gasteiger partial charge in [0.25, 0.3) is 4.43 Å². The Kier molecular flexibility index (Phi) is 87.4. The largest absolute Gasteiger partial charge is 2.00 e. The second kappa shape index (κ2) is 35.0. The van der Waals surface area contributed by atoms with Crippen LogP contribution in [0.4, 0.5) is 8.78 Å². The molecule has 0 saturated carbocycles. The van der Waals surface area contributed by atoms with Crippen LogP contribution in [0, 0.1) is 13.8 Å². The predicted molar refractivity (Wildman–Crippen MR) is 42.1 cm³/mol. The van der Waals surface area contributed by atoms with Crippen LogP contribution in [0.1, 0.15) is 13.8 Å². The molecule has 0 aromatic heterocycles. The van der Waals surface area contributed by atoms with E-state index < -0.39 is 4.43 Å². The van der Waals surface area contributed by atoms with Gasteiger partial charge in [0.2, 0.25) is 0 Å². The van der Waals surface area contributed by atoms with Crippen molar-refractivity contribution in [3.8, 4) is 0 Å². The first-order chi connectivity index (χ1) is 3.73. The Morgan fingerprint density at radius 2 is 1.11 bits per heavy atom. The van der Waals surface area contributed by atoms with Gasteiger partial charge in [0.1, 0.15) is 0 Å². The third-order valence-electron chi connectivity index (χ3n) is 0. The van der Waals surface area contributed by atoms with Gasteiger partial charge in [-0.2, -0.15) is 22.6 Å². The van der Waals surface area contributed by atoms with Gasteiger partial charge in [-0.3, -0.25) is 0 Å². The topological polar surface area (TPSA) is 0 Å². The maximum atomic E-state index is 10.3. The van der Waals surface area contributed by atoms with Crippen molar-refractivity contribution in [1.82, 2.24) is 0 Å². The van der Waals surface area contributed by atoms with E-state index >= 15 is 0 Å². The molecule has 9 heavy (non-hydrogen) atoms. The van der Waals surface area contributed by atoms with Crippen molar-refractivity contribution in [3.05, 3.63) is 13.8 Å². The Morgan fingerprint density at radius 3 is 1.11 bits per heavy atom. The second-order valence-corrected chi connectivity index (χ2v) is 1.19. The second-order valence-electron chi connectivity index (χ2n) is 0.247. The van der Waals surface area contributed by atoms with Crippen LogP contribution >= 0.6 is 22.6 Å². The molecular formula is C5H11F2IZn. The summed E-state index contributed by atoms with van der Waals surface area (Å²) in [6.07, 6.45) is 0. The summed E-state index contributed by atoms with van der Waals surface area (Å²) < 4.78 is 18.4. The first-order valence-corrected chi connectivity index (χ1v) is 3.31. The molecule has 0 aromatic carbocycles. The van der Waals surface area contributed by atoms with Gasteiger partial charge in [-0.25, -0.2) is 0 Å². The molecule has 0 fully saturated rings. The molecule has 0 amide bonds. The van der Waals surface area contributed by atoms with Gasteiger partial charge in [-0.05, 0) is 22.6 Å². The van der Waals surface area contributed by atoms with E-state index in [1.54, 1.807) is 13.8 Å². The molecule has 0 aliphatic rings. The molecule has 0 nitrogen and oxygen atoms in total. The molecule has 0 aliphatic heterocycles. The Labute approximate surface area is 82.7 Å². The first kappa shape index (κ1) is 22.5. The summed E-state index contributed by atoms with van der Waals surface area (Å²) in [6.45, 7) is 10.0. The molecule has 0 rings (SSSR count). The van der Waals surface area contributed by atoms with Crippen LogP contribution in [-0.4, -0.2) is 4.43 Å². The van der Waals surface area contributed by atoms with Crippen LogP contribution in [0.2, 0.25) is 0 Å². The van der Waals surface area contributed by atoms with Crippen LogP contribution in [0.25, 0.3) is 0 Å². The van der Waals surface area contributed by atoms with Crippen LogP contribution < -0.4 is 0 Å². The van der Waals surface area contributed by atoms with Gasteiger partial charge >= 0.3 is 19.5 Å². The quantitative estimate of drug-likeness (QED) is 0.279. The van der Waals surface area contributed by atoms with Crippen molar-refractivity contribution in [1.29, 1.82) is 0 Å². The standard InChI is InChI=1S/2C2H5.CHF2I.Zn/c2*1-2;2-1(3)4;/h2*1H2,2H3;1H;/q2*-1;;+2. The number of alkyl halides is 3. The Bertz CT molecular complexity index is 19.7. The van der Waals surface area contributed by atoms with Crippen molar-refractivity contribution >= 4 is 22.6 Å². The minimum Gasteiger partial charge on any atom is -0.346 e. The fourth-order valence-corrected chi connectivity index (χ4v) is 0. The van der Waals surface area contributed by atoms with E-state index in [4.69, 9.17) is 0 Å². The van der Waals surface area contributed by atoms with Gasteiger partial charge in [0.05, 0.1) is 0 Å². The van der Waals surface area contributed by atoms with E-state index in [2.05, 4.69) is 13.8 Å². The molecule has 0 saturated heterocycles. The Hall–Kier alpha value is 1.21. The molecule has 0 radical (unpaired) electrons. The summed E-state index contributed by atoms with van der Waals surface area (Å²) in [5.74, 6) is 0. The van der Waals surface area contributed by atoms with Gasteiger partial charge in [-0.1, -0.05) is 0 Å². The van der Waals surface area contributed by atoms with Crippen LogP contribution in [-0.2, 0) is 19.5 Å². The fraction of sp³-hybridized carbons (Fsp3) is 0.600. The molecule has 4 heteroatoms. The Balaban J connectivity index is -0.0000000221. The van der Waals surface area contributed by atoms with Gasteiger partial charge in [-0.15, -0.1) is 0 Å². The molecule has 0 N–H and O–H groups in total. The molecule has 54 valence electrons. The van der Waals surface area contributed by atoms with Crippen molar-refractivity contribution in [2.75, 3.05) is 0 Å². The summed E-state index contributed by atoms with van der Waals surface area (Å²) in [6, 6.07) is 0. The smallest absolute Gasteiger partial charge is 0.346 e. The summed E-state index contributed by atoms with van der Waals surface area (Å²) in [7, 11) is 0.